The molecular formula is C20H27FeNO5. The van der Waals surface area contributed by atoms with Crippen molar-refractivity contribution in [2.75, 3.05) is 0 Å². The van der Waals surface area contributed by atoms with E-state index in [0.717, 1.165) is 5.56 Å². The van der Waals surface area contributed by atoms with Crippen LogP contribution in [-0.2, 0) is 31.4 Å². The standard InChI is InChI=1S/C18H23NO4.CHO.CH3.Fe/c1-18(2,3)23-17(22)19-15(16(20)21)13-9-5-8-12-14-10-6-4-7-11-14;1-2;;/h4-12,15H,13H2,1-3H3,(H,19,22)(H,20,21);1H;1H3;/q;2*-1;+2/t15-;;;/m0.../s1. The van der Waals surface area contributed by atoms with Crippen LogP contribution >= 0.6 is 0 Å². The third-order valence-corrected chi connectivity index (χ3v) is 2.70. The first-order valence-electron chi connectivity index (χ1n) is 7.62. The zero-order chi connectivity index (χ0) is 19.3. The van der Waals surface area contributed by atoms with Crippen LogP contribution in [0.4, 0.5) is 4.79 Å². The van der Waals surface area contributed by atoms with Crippen molar-refractivity contribution < 1.29 is 41.3 Å². The van der Waals surface area contributed by atoms with Gasteiger partial charge in [-0.15, -0.1) is 0 Å². The number of nitrogens with one attached hydrogen (secondary N) is 1. The van der Waals surface area contributed by atoms with Crippen LogP contribution < -0.4 is 5.32 Å². The molecule has 0 heterocycles. The summed E-state index contributed by atoms with van der Waals surface area (Å²) in [4.78, 5) is 30.5. The van der Waals surface area contributed by atoms with Crippen LogP contribution in [0.3, 0.4) is 0 Å². The SMILES string of the molecule is CC(C)(C)OC(=O)N[C@@H](CC=CC=Cc1ccccc1)C(=O)O.[CH-]=O.[CH3-].[Fe+2]. The molecule has 7 heteroatoms. The molecule has 1 amide bonds. The fraction of sp³-hybridized carbons (Fsp3) is 0.300. The van der Waals surface area contributed by atoms with Gasteiger partial charge >= 0.3 is 29.1 Å². The molecule has 0 aromatic heterocycles. The van der Waals surface area contributed by atoms with E-state index in [2.05, 4.69) is 12.1 Å². The average molecular weight is 417 g/mol. The van der Waals surface area contributed by atoms with Gasteiger partial charge in [0.25, 0.3) is 0 Å². The van der Waals surface area contributed by atoms with E-state index in [0.29, 0.717) is 0 Å². The molecule has 0 aliphatic rings. The molecule has 0 aliphatic heterocycles. The van der Waals surface area contributed by atoms with Crippen LogP contribution in [0.15, 0.2) is 48.6 Å². The van der Waals surface area contributed by atoms with Crippen LogP contribution in [-0.4, -0.2) is 35.6 Å². The van der Waals surface area contributed by atoms with Gasteiger partial charge in [-0.3, -0.25) is 6.79 Å². The van der Waals surface area contributed by atoms with Crippen molar-refractivity contribution in [3.8, 4) is 0 Å². The smallest absolute Gasteiger partial charge is 0.545 e. The van der Waals surface area contributed by atoms with Crippen molar-refractivity contribution >= 4 is 24.9 Å². The maximum atomic E-state index is 11.6. The van der Waals surface area contributed by atoms with Gasteiger partial charge < -0.3 is 27.4 Å². The van der Waals surface area contributed by atoms with Crippen molar-refractivity contribution in [2.45, 2.75) is 38.8 Å². The summed E-state index contributed by atoms with van der Waals surface area (Å²) >= 11 is 0. The van der Waals surface area contributed by atoms with Gasteiger partial charge in [0, 0.05) is 0 Å². The van der Waals surface area contributed by atoms with E-state index >= 15 is 0 Å². The van der Waals surface area contributed by atoms with E-state index in [4.69, 9.17) is 14.6 Å². The molecule has 1 aromatic rings. The maximum Gasteiger partial charge on any atom is 2.00 e. The number of aliphatic carboxylic acids is 1. The minimum absolute atomic E-state index is 0. The van der Waals surface area contributed by atoms with Crippen LogP contribution in [0, 0.1) is 7.43 Å². The quantitative estimate of drug-likeness (QED) is 0.318. The number of carboxylic acids is 1. The summed E-state index contributed by atoms with van der Waals surface area (Å²) in [6, 6.07) is 8.73. The summed E-state index contributed by atoms with van der Waals surface area (Å²) in [7, 11) is 0. The summed E-state index contributed by atoms with van der Waals surface area (Å²) in [5, 5.41) is 11.5. The molecule has 0 saturated heterocycles. The number of hydrogen-bond donors (Lipinski definition) is 2. The number of allylic oxidation sites excluding steroid dienone is 2. The maximum absolute atomic E-state index is 11.6. The average Bonchev–Trinajstić information content (AvgIpc) is 2.54. The Labute approximate surface area is 172 Å². The number of amides is 1. The second-order valence-electron chi connectivity index (χ2n) is 5.97. The molecule has 27 heavy (non-hydrogen) atoms. The molecule has 0 unspecified atom stereocenters. The van der Waals surface area contributed by atoms with Gasteiger partial charge in [0.15, 0.2) is 0 Å². The normalized spacial score (nSPS) is 11.4. The second-order valence-corrected chi connectivity index (χ2v) is 5.97. The molecule has 2 N–H and O–H groups in total. The number of carbonyl (C=O) groups is 2. The predicted molar refractivity (Wildman–Crippen MR) is 103 cm³/mol. The van der Waals surface area contributed by atoms with Gasteiger partial charge in [0.2, 0.25) is 0 Å². The number of carboxylic acid groups (broad SMARTS) is 1. The first-order valence-corrected chi connectivity index (χ1v) is 7.62. The minimum Gasteiger partial charge on any atom is -0.545 e. The molecule has 0 aliphatic carbocycles. The summed E-state index contributed by atoms with van der Waals surface area (Å²) < 4.78 is 5.05. The third-order valence-electron chi connectivity index (χ3n) is 2.70. The van der Waals surface area contributed by atoms with Gasteiger partial charge in [0.05, 0.1) is 0 Å². The van der Waals surface area contributed by atoms with E-state index in [1.807, 2.05) is 42.5 Å². The molecule has 6 nitrogen and oxygen atoms in total. The zero-order valence-electron chi connectivity index (χ0n) is 16.0. The van der Waals surface area contributed by atoms with Gasteiger partial charge in [-0.2, -0.15) is 0 Å². The third kappa shape index (κ3) is 15.6. The Morgan fingerprint density at radius 1 is 1.19 bits per heavy atom. The molecule has 0 bridgehead atoms. The van der Waals surface area contributed by atoms with Crippen molar-refractivity contribution in [3.63, 3.8) is 0 Å². The van der Waals surface area contributed by atoms with E-state index in [-0.39, 0.29) is 30.9 Å². The minimum atomic E-state index is -1.10. The number of ether oxygens (including phenoxy) is 1. The molecule has 1 rings (SSSR count). The second kappa shape index (κ2) is 15.9. The molecule has 0 spiro atoms. The van der Waals surface area contributed by atoms with Crippen LogP contribution in [0.5, 0.6) is 0 Å². The number of benzene rings is 1. The Morgan fingerprint density at radius 2 is 1.74 bits per heavy atom. The van der Waals surface area contributed by atoms with Crippen molar-refractivity contribution in [2.24, 2.45) is 0 Å². The molecular weight excluding hydrogens is 390 g/mol. The van der Waals surface area contributed by atoms with Gasteiger partial charge in [-0.05, 0) is 32.8 Å². The number of carbonyl (C=O) groups excluding carboxylic acids is 2. The predicted octanol–water partition coefficient (Wildman–Crippen LogP) is 3.80. The Hall–Kier alpha value is -2.37. The summed E-state index contributed by atoms with van der Waals surface area (Å²) in [6.45, 7) is 8.41. The van der Waals surface area contributed by atoms with E-state index in [9.17, 15) is 9.59 Å². The molecule has 1 aromatic carbocycles. The number of alkyl carbamates (subject to hydrolysis) is 1. The van der Waals surface area contributed by atoms with Gasteiger partial charge in [-0.1, -0.05) is 54.6 Å². The Bertz CT molecular complexity index is 594. The topological polar surface area (TPSA) is 92.7 Å². The Morgan fingerprint density at radius 3 is 2.22 bits per heavy atom. The van der Waals surface area contributed by atoms with E-state index in [1.54, 1.807) is 32.9 Å². The van der Waals surface area contributed by atoms with Gasteiger partial charge in [-0.25, -0.2) is 9.59 Å². The van der Waals surface area contributed by atoms with Crippen LogP contribution in [0.1, 0.15) is 32.8 Å². The van der Waals surface area contributed by atoms with E-state index in [1.165, 1.54) is 0 Å². The molecule has 150 valence electrons. The largest absolute Gasteiger partial charge is 2.00 e. The summed E-state index contributed by atoms with van der Waals surface area (Å²) in [5.41, 5.74) is 0.389. The van der Waals surface area contributed by atoms with Crippen LogP contribution in [0.2, 0.25) is 0 Å². The number of hydrogen-bond acceptors (Lipinski definition) is 4. The Kier molecular flexibility index (Phi) is 17.3. The van der Waals surface area contributed by atoms with Gasteiger partial charge in [0.1, 0.15) is 11.6 Å². The fourth-order valence-corrected chi connectivity index (χ4v) is 1.70. The fourth-order valence-electron chi connectivity index (χ4n) is 1.70. The zero-order valence-corrected chi connectivity index (χ0v) is 17.1. The molecule has 0 fully saturated rings. The molecule has 1 atom stereocenters. The van der Waals surface area contributed by atoms with Crippen molar-refractivity contribution in [3.05, 3.63) is 61.5 Å². The summed E-state index contributed by atoms with van der Waals surface area (Å²) in [6.07, 6.45) is 6.61. The summed E-state index contributed by atoms with van der Waals surface area (Å²) in [5.74, 6) is -1.10. The monoisotopic (exact) mass is 417 g/mol. The van der Waals surface area contributed by atoms with Crippen molar-refractivity contribution in [1.29, 1.82) is 0 Å². The molecule has 0 saturated carbocycles. The van der Waals surface area contributed by atoms with Crippen molar-refractivity contribution in [1.82, 2.24) is 5.32 Å². The first kappa shape index (κ1) is 29.4. The van der Waals surface area contributed by atoms with Crippen LogP contribution in [0.25, 0.3) is 6.08 Å². The Balaban J connectivity index is -0.00000139. The number of rotatable bonds is 6. The van der Waals surface area contributed by atoms with E-state index < -0.39 is 23.7 Å². The molecule has 0 radical (unpaired) electrons. The first-order chi connectivity index (χ1) is 11.8.